The maximum Gasteiger partial charge on any atom is 0.145 e. The third kappa shape index (κ3) is 1.81. The Morgan fingerprint density at radius 3 is 2.50 bits per heavy atom. The van der Waals surface area contributed by atoms with E-state index in [1.165, 1.54) is 0 Å². The highest BCUT2D eigenvalue weighted by atomic mass is 35.5. The zero-order valence-electron chi connectivity index (χ0n) is 9.29. The molecule has 0 fully saturated rings. The van der Waals surface area contributed by atoms with E-state index in [-0.39, 0.29) is 0 Å². The summed E-state index contributed by atoms with van der Waals surface area (Å²) in [6.07, 6.45) is 0. The van der Waals surface area contributed by atoms with E-state index in [0.717, 1.165) is 16.5 Å². The van der Waals surface area contributed by atoms with Gasteiger partial charge in [0.05, 0.1) is 18.7 Å². The van der Waals surface area contributed by atoms with Crippen LogP contribution < -0.4 is 9.47 Å². The third-order valence-corrected chi connectivity index (χ3v) is 2.70. The second kappa shape index (κ2) is 4.62. The van der Waals surface area contributed by atoms with Crippen molar-refractivity contribution in [2.24, 2.45) is 0 Å². The minimum atomic E-state index is 0.574. The highest BCUT2D eigenvalue weighted by Gasteiger charge is 2.11. The van der Waals surface area contributed by atoms with Gasteiger partial charge in [0.1, 0.15) is 11.5 Å². The first-order valence-electron chi connectivity index (χ1n) is 5.16. The summed E-state index contributed by atoms with van der Waals surface area (Å²) in [6.45, 7) is 2.57. The molecule has 2 nitrogen and oxygen atoms in total. The third-order valence-electron chi connectivity index (χ3n) is 2.42. The predicted octanol–water partition coefficient (Wildman–Crippen LogP) is 3.90. The van der Waals surface area contributed by atoms with Crippen LogP contribution in [0.4, 0.5) is 0 Å². The summed E-state index contributed by atoms with van der Waals surface area (Å²) in [4.78, 5) is 0. The Morgan fingerprint density at radius 1 is 1.19 bits per heavy atom. The van der Waals surface area contributed by atoms with Crippen molar-refractivity contribution in [3.8, 4) is 11.5 Å². The second-order valence-corrected chi connectivity index (χ2v) is 3.78. The maximum absolute atomic E-state index is 6.14. The number of methoxy groups -OCH3 is 1. The lowest BCUT2D eigenvalue weighted by Crippen LogP contribution is -1.94. The molecule has 0 aliphatic carbocycles. The maximum atomic E-state index is 6.14. The molecular weight excluding hydrogens is 224 g/mol. The molecule has 3 heteroatoms. The topological polar surface area (TPSA) is 18.5 Å². The summed E-state index contributed by atoms with van der Waals surface area (Å²) >= 11 is 6.14. The van der Waals surface area contributed by atoms with Crippen LogP contribution in [-0.2, 0) is 0 Å². The molecule has 2 rings (SSSR count). The first-order chi connectivity index (χ1) is 7.77. The quantitative estimate of drug-likeness (QED) is 0.805. The Hall–Kier alpha value is -1.41. The van der Waals surface area contributed by atoms with Crippen molar-refractivity contribution in [1.29, 1.82) is 0 Å². The average molecular weight is 237 g/mol. The van der Waals surface area contributed by atoms with Crippen LogP contribution in [-0.4, -0.2) is 13.7 Å². The average Bonchev–Trinajstić information content (AvgIpc) is 2.30. The van der Waals surface area contributed by atoms with E-state index < -0.39 is 0 Å². The van der Waals surface area contributed by atoms with Gasteiger partial charge in [-0.15, -0.1) is 0 Å². The van der Waals surface area contributed by atoms with Gasteiger partial charge in [-0.2, -0.15) is 0 Å². The Balaban J connectivity index is 2.75. The number of rotatable bonds is 3. The lowest BCUT2D eigenvalue weighted by atomic mass is 10.1. The molecule has 0 aliphatic rings. The standard InChI is InChI=1S/C13H13ClO2/c1-3-16-12-8-11(14)13(15-2)10-7-5-4-6-9(10)12/h4-8H,3H2,1-2H3. The van der Waals surface area contributed by atoms with Crippen LogP contribution in [0.2, 0.25) is 5.02 Å². The molecule has 0 bridgehead atoms. The van der Waals surface area contributed by atoms with E-state index in [1.54, 1.807) is 13.2 Å². The van der Waals surface area contributed by atoms with Crippen molar-refractivity contribution >= 4 is 22.4 Å². The van der Waals surface area contributed by atoms with Gasteiger partial charge in [0.2, 0.25) is 0 Å². The van der Waals surface area contributed by atoms with Gasteiger partial charge >= 0.3 is 0 Å². The van der Waals surface area contributed by atoms with Crippen molar-refractivity contribution in [2.45, 2.75) is 6.92 Å². The zero-order valence-corrected chi connectivity index (χ0v) is 10.0. The van der Waals surface area contributed by atoms with Crippen molar-refractivity contribution in [3.63, 3.8) is 0 Å². The van der Waals surface area contributed by atoms with Crippen LogP contribution in [0.15, 0.2) is 30.3 Å². The van der Waals surface area contributed by atoms with Crippen LogP contribution in [0.25, 0.3) is 10.8 Å². The van der Waals surface area contributed by atoms with Crippen LogP contribution in [0.3, 0.4) is 0 Å². The lowest BCUT2D eigenvalue weighted by molar-refractivity contribution is 0.343. The molecule has 16 heavy (non-hydrogen) atoms. The second-order valence-electron chi connectivity index (χ2n) is 3.37. The molecular formula is C13H13ClO2. The molecule has 2 aromatic rings. The van der Waals surface area contributed by atoms with Gasteiger partial charge in [0.25, 0.3) is 0 Å². The molecule has 0 atom stereocenters. The van der Waals surface area contributed by atoms with Crippen molar-refractivity contribution in [1.82, 2.24) is 0 Å². The SMILES string of the molecule is CCOc1cc(Cl)c(OC)c2ccccc12. The van der Waals surface area contributed by atoms with Gasteiger partial charge in [0.15, 0.2) is 0 Å². The number of hydrogen-bond donors (Lipinski definition) is 0. The summed E-state index contributed by atoms with van der Waals surface area (Å²) in [7, 11) is 1.62. The summed E-state index contributed by atoms with van der Waals surface area (Å²) in [5.74, 6) is 1.49. The molecule has 0 heterocycles. The fourth-order valence-corrected chi connectivity index (χ4v) is 2.04. The van der Waals surface area contributed by atoms with Crippen LogP contribution in [0.1, 0.15) is 6.92 Å². The molecule has 0 saturated carbocycles. The smallest absolute Gasteiger partial charge is 0.145 e. The Kier molecular flexibility index (Phi) is 3.20. The molecule has 84 valence electrons. The van der Waals surface area contributed by atoms with Gasteiger partial charge in [-0.1, -0.05) is 35.9 Å². The fraction of sp³-hybridized carbons (Fsp3) is 0.231. The van der Waals surface area contributed by atoms with E-state index in [2.05, 4.69) is 0 Å². The van der Waals surface area contributed by atoms with E-state index in [1.807, 2.05) is 31.2 Å². The molecule has 0 radical (unpaired) electrons. The monoisotopic (exact) mass is 236 g/mol. The molecule has 0 spiro atoms. The summed E-state index contributed by atoms with van der Waals surface area (Å²) in [5, 5.41) is 2.57. The van der Waals surface area contributed by atoms with Gasteiger partial charge in [0, 0.05) is 16.8 Å². The van der Waals surface area contributed by atoms with Crippen LogP contribution >= 0.6 is 11.6 Å². The summed E-state index contributed by atoms with van der Waals surface area (Å²) in [6, 6.07) is 9.70. The van der Waals surface area contributed by atoms with Crippen molar-refractivity contribution in [3.05, 3.63) is 35.4 Å². The number of halogens is 1. The first-order valence-corrected chi connectivity index (χ1v) is 5.53. The highest BCUT2D eigenvalue weighted by Crippen LogP contribution is 2.39. The van der Waals surface area contributed by atoms with Gasteiger partial charge in [-0.05, 0) is 6.92 Å². The Bertz CT molecular complexity index is 509. The first kappa shape index (κ1) is 11.1. The summed E-state index contributed by atoms with van der Waals surface area (Å²) in [5.41, 5.74) is 0. The van der Waals surface area contributed by atoms with Gasteiger partial charge in [-0.3, -0.25) is 0 Å². The van der Waals surface area contributed by atoms with E-state index in [4.69, 9.17) is 21.1 Å². The lowest BCUT2D eigenvalue weighted by Gasteiger charge is -2.12. The zero-order chi connectivity index (χ0) is 11.5. The number of hydrogen-bond acceptors (Lipinski definition) is 2. The van der Waals surface area contributed by atoms with E-state index in [0.29, 0.717) is 17.4 Å². The molecule has 0 amide bonds. The largest absolute Gasteiger partial charge is 0.495 e. The minimum Gasteiger partial charge on any atom is -0.495 e. The van der Waals surface area contributed by atoms with E-state index in [9.17, 15) is 0 Å². The number of fused-ring (bicyclic) bond motifs is 1. The van der Waals surface area contributed by atoms with Gasteiger partial charge < -0.3 is 9.47 Å². The molecule has 0 aliphatic heterocycles. The fourth-order valence-electron chi connectivity index (χ4n) is 1.77. The Morgan fingerprint density at radius 2 is 1.88 bits per heavy atom. The minimum absolute atomic E-state index is 0.574. The molecule has 0 aromatic heterocycles. The molecule has 0 unspecified atom stereocenters. The normalized spacial score (nSPS) is 10.4. The summed E-state index contributed by atoms with van der Waals surface area (Å²) < 4.78 is 10.9. The number of benzene rings is 2. The molecule has 0 N–H and O–H groups in total. The van der Waals surface area contributed by atoms with Crippen molar-refractivity contribution < 1.29 is 9.47 Å². The highest BCUT2D eigenvalue weighted by molar-refractivity contribution is 6.33. The predicted molar refractivity (Wildman–Crippen MR) is 66.7 cm³/mol. The molecule has 2 aromatic carbocycles. The van der Waals surface area contributed by atoms with Crippen LogP contribution in [0, 0.1) is 0 Å². The van der Waals surface area contributed by atoms with Crippen molar-refractivity contribution in [2.75, 3.05) is 13.7 Å². The van der Waals surface area contributed by atoms with Crippen LogP contribution in [0.5, 0.6) is 11.5 Å². The molecule has 0 saturated heterocycles. The Labute approximate surface area is 99.7 Å². The van der Waals surface area contributed by atoms with Gasteiger partial charge in [-0.25, -0.2) is 0 Å². The van der Waals surface area contributed by atoms with E-state index >= 15 is 0 Å². The number of ether oxygens (including phenoxy) is 2.